The molecule has 0 spiro atoms. The average molecular weight is 273 g/mol. The van der Waals surface area contributed by atoms with Crippen molar-refractivity contribution in [1.29, 1.82) is 0 Å². The van der Waals surface area contributed by atoms with Crippen LogP contribution in [0.3, 0.4) is 0 Å². The summed E-state index contributed by atoms with van der Waals surface area (Å²) in [6.45, 7) is 2.54. The Morgan fingerprint density at radius 2 is 1.90 bits per heavy atom. The molecule has 0 atom stereocenters. The number of aromatic nitrogens is 1. The molecule has 20 heavy (non-hydrogen) atoms. The number of amidine groups is 1. The van der Waals surface area contributed by atoms with E-state index in [9.17, 15) is 0 Å². The van der Waals surface area contributed by atoms with Crippen LogP contribution in [0.2, 0.25) is 0 Å². The molecule has 6 nitrogen and oxygen atoms in total. The first kappa shape index (κ1) is 13.7. The van der Waals surface area contributed by atoms with Crippen LogP contribution >= 0.6 is 0 Å². The number of rotatable bonds is 5. The lowest BCUT2D eigenvalue weighted by molar-refractivity contribution is 0.318. The van der Waals surface area contributed by atoms with Gasteiger partial charge in [-0.1, -0.05) is 11.2 Å². The van der Waals surface area contributed by atoms with Crippen LogP contribution in [0.4, 0.5) is 0 Å². The monoisotopic (exact) mass is 273 g/mol. The Labute approximate surface area is 116 Å². The zero-order valence-corrected chi connectivity index (χ0v) is 11.0. The molecular formula is C14H15N3O3. The first-order valence-electron chi connectivity index (χ1n) is 6.08. The molecule has 0 unspecified atom stereocenters. The van der Waals surface area contributed by atoms with Gasteiger partial charge in [-0.2, -0.15) is 0 Å². The van der Waals surface area contributed by atoms with Crippen molar-refractivity contribution in [2.24, 2.45) is 10.9 Å². The molecule has 6 heteroatoms. The lowest BCUT2D eigenvalue weighted by Gasteiger charge is -2.07. The largest absolute Gasteiger partial charge is 0.494 e. The summed E-state index contributed by atoms with van der Waals surface area (Å²) in [5, 5.41) is 11.5. The van der Waals surface area contributed by atoms with E-state index in [2.05, 4.69) is 10.1 Å². The molecule has 0 aliphatic heterocycles. The minimum absolute atomic E-state index is 0.0675. The van der Waals surface area contributed by atoms with Crippen LogP contribution in [-0.2, 0) is 0 Å². The quantitative estimate of drug-likeness (QED) is 0.378. The Morgan fingerprint density at radius 1 is 1.20 bits per heavy atom. The minimum Gasteiger partial charge on any atom is -0.494 e. The van der Waals surface area contributed by atoms with Crippen molar-refractivity contribution in [1.82, 2.24) is 4.98 Å². The zero-order chi connectivity index (χ0) is 14.4. The molecule has 1 aromatic carbocycles. The molecule has 0 aliphatic rings. The number of nitrogens with zero attached hydrogens (tertiary/aromatic N) is 2. The van der Waals surface area contributed by atoms with Crippen LogP contribution in [0, 0.1) is 0 Å². The normalized spacial score (nSPS) is 11.2. The van der Waals surface area contributed by atoms with E-state index in [0.717, 1.165) is 5.75 Å². The second kappa shape index (κ2) is 6.42. The number of nitrogens with two attached hydrogens (primary N) is 1. The molecule has 0 saturated heterocycles. The molecular weight excluding hydrogens is 258 g/mol. The van der Waals surface area contributed by atoms with Crippen LogP contribution < -0.4 is 15.2 Å². The summed E-state index contributed by atoms with van der Waals surface area (Å²) < 4.78 is 10.9. The smallest absolute Gasteiger partial charge is 0.219 e. The maximum atomic E-state index is 8.62. The van der Waals surface area contributed by atoms with E-state index in [-0.39, 0.29) is 5.84 Å². The van der Waals surface area contributed by atoms with Gasteiger partial charge in [0.05, 0.1) is 6.61 Å². The van der Waals surface area contributed by atoms with Crippen molar-refractivity contribution >= 4 is 5.84 Å². The van der Waals surface area contributed by atoms with E-state index in [1.165, 1.54) is 0 Å². The highest BCUT2D eigenvalue weighted by Gasteiger charge is 2.04. The maximum absolute atomic E-state index is 8.62. The van der Waals surface area contributed by atoms with Crippen LogP contribution in [0.25, 0.3) is 0 Å². The highest BCUT2D eigenvalue weighted by atomic mass is 16.5. The van der Waals surface area contributed by atoms with Gasteiger partial charge in [0.1, 0.15) is 17.2 Å². The average Bonchev–Trinajstić information content (AvgIpc) is 2.49. The molecule has 2 aromatic rings. The molecule has 0 bridgehead atoms. The predicted octanol–water partition coefficient (Wildman–Crippen LogP) is 2.37. The summed E-state index contributed by atoms with van der Waals surface area (Å²) >= 11 is 0. The fraction of sp³-hybridized carbons (Fsp3) is 0.143. The van der Waals surface area contributed by atoms with Gasteiger partial charge in [-0.25, -0.2) is 4.98 Å². The Bertz CT molecular complexity index is 597. The van der Waals surface area contributed by atoms with E-state index >= 15 is 0 Å². The lowest BCUT2D eigenvalue weighted by atomic mass is 10.3. The summed E-state index contributed by atoms with van der Waals surface area (Å²) in [6, 6.07) is 12.2. The SMILES string of the molecule is CCOc1ccc(Oc2cccc(C(N)=NO)n2)cc1. The summed E-state index contributed by atoms with van der Waals surface area (Å²) in [7, 11) is 0. The Morgan fingerprint density at radius 3 is 2.55 bits per heavy atom. The molecule has 1 aromatic heterocycles. The van der Waals surface area contributed by atoms with Crippen molar-refractivity contribution in [3.05, 3.63) is 48.2 Å². The minimum atomic E-state index is -0.0675. The third-order valence-corrected chi connectivity index (χ3v) is 2.45. The van der Waals surface area contributed by atoms with Gasteiger partial charge >= 0.3 is 0 Å². The molecule has 0 saturated carbocycles. The number of hydrogen-bond donors (Lipinski definition) is 2. The molecule has 1 heterocycles. The van der Waals surface area contributed by atoms with Gasteiger partial charge < -0.3 is 20.4 Å². The van der Waals surface area contributed by atoms with Gasteiger partial charge in [0, 0.05) is 6.07 Å². The van der Waals surface area contributed by atoms with Gasteiger partial charge in [0.2, 0.25) is 5.88 Å². The van der Waals surface area contributed by atoms with E-state index in [4.69, 9.17) is 20.4 Å². The summed E-state index contributed by atoms with van der Waals surface area (Å²) in [6.07, 6.45) is 0. The van der Waals surface area contributed by atoms with E-state index in [1.807, 2.05) is 19.1 Å². The van der Waals surface area contributed by atoms with Gasteiger partial charge in [0.15, 0.2) is 5.84 Å². The third kappa shape index (κ3) is 3.38. The zero-order valence-electron chi connectivity index (χ0n) is 11.0. The summed E-state index contributed by atoms with van der Waals surface area (Å²) in [5.41, 5.74) is 5.82. The Hall–Kier alpha value is -2.76. The molecule has 0 aliphatic carbocycles. The van der Waals surface area contributed by atoms with Gasteiger partial charge in [-0.05, 0) is 37.3 Å². The van der Waals surface area contributed by atoms with Crippen LogP contribution in [0.1, 0.15) is 12.6 Å². The number of benzene rings is 1. The topological polar surface area (TPSA) is 90.0 Å². The van der Waals surface area contributed by atoms with Crippen LogP contribution in [-0.4, -0.2) is 22.6 Å². The van der Waals surface area contributed by atoms with Crippen molar-refractivity contribution in [2.75, 3.05) is 6.61 Å². The first-order valence-corrected chi connectivity index (χ1v) is 6.08. The molecule has 0 amide bonds. The molecule has 2 rings (SSSR count). The van der Waals surface area contributed by atoms with Crippen LogP contribution in [0.15, 0.2) is 47.6 Å². The number of hydrogen-bond acceptors (Lipinski definition) is 5. The fourth-order valence-electron chi connectivity index (χ4n) is 1.56. The summed E-state index contributed by atoms with van der Waals surface area (Å²) in [5.74, 6) is 1.69. The van der Waals surface area contributed by atoms with E-state index in [1.54, 1.807) is 30.3 Å². The second-order valence-electron chi connectivity index (χ2n) is 3.85. The Balaban J connectivity index is 2.13. The third-order valence-electron chi connectivity index (χ3n) is 2.45. The van der Waals surface area contributed by atoms with Crippen molar-refractivity contribution in [3.8, 4) is 17.4 Å². The van der Waals surface area contributed by atoms with Crippen LogP contribution in [0.5, 0.6) is 17.4 Å². The second-order valence-corrected chi connectivity index (χ2v) is 3.85. The molecule has 0 radical (unpaired) electrons. The molecule has 3 N–H and O–H groups in total. The molecule has 0 fully saturated rings. The van der Waals surface area contributed by atoms with Crippen molar-refractivity contribution in [3.63, 3.8) is 0 Å². The predicted molar refractivity (Wildman–Crippen MR) is 74.4 cm³/mol. The summed E-state index contributed by atoms with van der Waals surface area (Å²) in [4.78, 5) is 4.13. The van der Waals surface area contributed by atoms with Gasteiger partial charge in [-0.15, -0.1) is 0 Å². The maximum Gasteiger partial charge on any atom is 0.219 e. The molecule has 104 valence electrons. The first-order chi connectivity index (χ1) is 9.72. The Kier molecular flexibility index (Phi) is 4.39. The van der Waals surface area contributed by atoms with Gasteiger partial charge in [0.25, 0.3) is 0 Å². The van der Waals surface area contributed by atoms with Crippen molar-refractivity contribution in [2.45, 2.75) is 6.92 Å². The number of ether oxygens (including phenoxy) is 2. The lowest BCUT2D eigenvalue weighted by Crippen LogP contribution is -2.14. The number of pyridine rings is 1. The van der Waals surface area contributed by atoms with Crippen molar-refractivity contribution < 1.29 is 14.7 Å². The van der Waals surface area contributed by atoms with E-state index < -0.39 is 0 Å². The van der Waals surface area contributed by atoms with Gasteiger partial charge in [-0.3, -0.25) is 0 Å². The fourth-order valence-corrected chi connectivity index (χ4v) is 1.56. The van der Waals surface area contributed by atoms with E-state index in [0.29, 0.717) is 23.9 Å². The highest BCUT2D eigenvalue weighted by molar-refractivity contribution is 5.95. The number of oxime groups is 1. The highest BCUT2D eigenvalue weighted by Crippen LogP contribution is 2.22. The standard InChI is InChI=1S/C14H15N3O3/c1-2-19-10-6-8-11(9-7-10)20-13-5-3-4-12(16-13)14(15)17-18/h3-9,18H,2H2,1H3,(H2,15,17).